The third kappa shape index (κ3) is 3.40. The van der Waals surface area contributed by atoms with Crippen LogP contribution in [-0.2, 0) is 6.42 Å². The summed E-state index contributed by atoms with van der Waals surface area (Å²) in [6, 6.07) is 2.02. The lowest BCUT2D eigenvalue weighted by molar-refractivity contribution is 0.270. The van der Waals surface area contributed by atoms with Gasteiger partial charge in [-0.3, -0.25) is 0 Å². The lowest BCUT2D eigenvalue weighted by Crippen LogP contribution is -2.46. The van der Waals surface area contributed by atoms with Crippen molar-refractivity contribution in [2.45, 2.75) is 13.3 Å². The third-order valence-electron chi connectivity index (χ3n) is 3.43. The van der Waals surface area contributed by atoms with E-state index in [0.29, 0.717) is 0 Å². The number of rotatable bonds is 5. The molecule has 1 aliphatic heterocycles. The Labute approximate surface area is 109 Å². The Kier molecular flexibility index (Phi) is 4.90. The van der Waals surface area contributed by atoms with E-state index in [-0.39, 0.29) is 0 Å². The molecule has 2 heterocycles. The van der Waals surface area contributed by atoms with Crippen molar-refractivity contribution in [3.8, 4) is 0 Å². The fourth-order valence-electron chi connectivity index (χ4n) is 2.21. The predicted octanol–water partition coefficient (Wildman–Crippen LogP) is 0.380. The van der Waals surface area contributed by atoms with Crippen molar-refractivity contribution >= 4 is 5.82 Å². The van der Waals surface area contributed by atoms with Crippen molar-refractivity contribution in [2.24, 2.45) is 0 Å². The molecule has 1 N–H and O–H groups in total. The monoisotopic (exact) mass is 249 g/mol. The number of anilines is 1. The normalized spacial score (nSPS) is 17.1. The lowest BCUT2D eigenvalue weighted by atomic mass is 10.3. The summed E-state index contributed by atoms with van der Waals surface area (Å²) in [5.41, 5.74) is 0. The van der Waals surface area contributed by atoms with Gasteiger partial charge < -0.3 is 15.1 Å². The fraction of sp³-hybridized carbons (Fsp3) is 0.692. The van der Waals surface area contributed by atoms with Crippen LogP contribution in [0.3, 0.4) is 0 Å². The Bertz CT molecular complexity index is 360. The molecule has 18 heavy (non-hydrogen) atoms. The second-order valence-electron chi connectivity index (χ2n) is 4.61. The maximum absolute atomic E-state index is 4.64. The molecule has 100 valence electrons. The van der Waals surface area contributed by atoms with Crippen molar-refractivity contribution in [1.29, 1.82) is 0 Å². The van der Waals surface area contributed by atoms with E-state index in [1.807, 2.05) is 19.3 Å². The van der Waals surface area contributed by atoms with Gasteiger partial charge in [-0.25, -0.2) is 9.97 Å². The molecular weight excluding hydrogens is 226 g/mol. The van der Waals surface area contributed by atoms with Gasteiger partial charge in [-0.15, -0.1) is 0 Å². The van der Waals surface area contributed by atoms with E-state index in [1.54, 1.807) is 0 Å². The van der Waals surface area contributed by atoms with Gasteiger partial charge in [-0.1, -0.05) is 6.92 Å². The van der Waals surface area contributed by atoms with E-state index < -0.39 is 0 Å². The average molecular weight is 249 g/mol. The van der Waals surface area contributed by atoms with Crippen molar-refractivity contribution in [3.63, 3.8) is 0 Å². The molecule has 0 bridgehead atoms. The molecule has 5 heteroatoms. The molecule has 0 amide bonds. The highest BCUT2D eigenvalue weighted by molar-refractivity contribution is 5.38. The number of likely N-dealkylation sites (N-methyl/N-ethyl adjacent to an activating group) is 2. The highest BCUT2D eigenvalue weighted by atomic mass is 15.3. The van der Waals surface area contributed by atoms with E-state index in [1.165, 1.54) is 0 Å². The quantitative estimate of drug-likeness (QED) is 0.817. The van der Waals surface area contributed by atoms with Gasteiger partial charge in [0, 0.05) is 45.3 Å². The van der Waals surface area contributed by atoms with Gasteiger partial charge in [0.1, 0.15) is 11.6 Å². The largest absolute Gasteiger partial charge is 0.354 e. The number of aromatic nitrogens is 2. The summed E-state index contributed by atoms with van der Waals surface area (Å²) in [5.74, 6) is 2.01. The molecule has 0 unspecified atom stereocenters. The molecule has 0 saturated carbocycles. The highest BCUT2D eigenvalue weighted by Gasteiger charge is 2.16. The van der Waals surface area contributed by atoms with Crippen LogP contribution in [0.1, 0.15) is 12.7 Å². The van der Waals surface area contributed by atoms with Crippen molar-refractivity contribution in [3.05, 3.63) is 18.1 Å². The summed E-state index contributed by atoms with van der Waals surface area (Å²) in [6.45, 7) is 8.68. The summed E-state index contributed by atoms with van der Waals surface area (Å²) in [7, 11) is 1.95. The molecule has 1 saturated heterocycles. The second-order valence-corrected chi connectivity index (χ2v) is 4.61. The molecule has 0 atom stereocenters. The average Bonchev–Trinajstić information content (AvgIpc) is 2.45. The Balaban J connectivity index is 1.96. The Hall–Kier alpha value is -1.20. The molecule has 2 rings (SSSR count). The molecule has 1 fully saturated rings. The van der Waals surface area contributed by atoms with Gasteiger partial charge >= 0.3 is 0 Å². The third-order valence-corrected chi connectivity index (χ3v) is 3.43. The van der Waals surface area contributed by atoms with E-state index in [9.17, 15) is 0 Å². The van der Waals surface area contributed by atoms with Gasteiger partial charge in [0.15, 0.2) is 0 Å². The number of piperazine rings is 1. The standard InChI is InChI=1S/C13H23N5/c1-3-17-8-10-18(11-9-17)13-5-7-15-12(16-13)4-6-14-2/h5,7,14H,3-4,6,8-11H2,1-2H3. The summed E-state index contributed by atoms with van der Waals surface area (Å²) in [6.07, 6.45) is 2.76. The Morgan fingerprint density at radius 2 is 2.06 bits per heavy atom. The number of nitrogens with one attached hydrogen (secondary N) is 1. The molecule has 0 radical (unpaired) electrons. The van der Waals surface area contributed by atoms with Crippen LogP contribution in [0.25, 0.3) is 0 Å². The van der Waals surface area contributed by atoms with Gasteiger partial charge in [-0.2, -0.15) is 0 Å². The molecule has 5 nitrogen and oxygen atoms in total. The van der Waals surface area contributed by atoms with Gasteiger partial charge in [0.05, 0.1) is 0 Å². The molecule has 0 spiro atoms. The minimum absolute atomic E-state index is 0.888. The second kappa shape index (κ2) is 6.66. The number of hydrogen-bond acceptors (Lipinski definition) is 5. The van der Waals surface area contributed by atoms with Crippen LogP contribution < -0.4 is 10.2 Å². The molecule has 1 aromatic rings. The van der Waals surface area contributed by atoms with Crippen LogP contribution in [0, 0.1) is 0 Å². The van der Waals surface area contributed by atoms with Crippen LogP contribution in [0.5, 0.6) is 0 Å². The highest BCUT2D eigenvalue weighted by Crippen LogP contribution is 2.13. The maximum Gasteiger partial charge on any atom is 0.132 e. The molecule has 1 aliphatic rings. The first-order valence-electron chi connectivity index (χ1n) is 6.77. The predicted molar refractivity (Wildman–Crippen MR) is 74.0 cm³/mol. The fourth-order valence-corrected chi connectivity index (χ4v) is 2.21. The summed E-state index contributed by atoms with van der Waals surface area (Å²) in [5, 5.41) is 3.13. The van der Waals surface area contributed by atoms with Gasteiger partial charge in [0.25, 0.3) is 0 Å². The SMILES string of the molecule is CCN1CCN(c2ccnc(CCNC)n2)CC1. The zero-order chi connectivity index (χ0) is 12.8. The zero-order valence-electron chi connectivity index (χ0n) is 11.4. The van der Waals surface area contributed by atoms with E-state index in [4.69, 9.17) is 0 Å². The first-order chi connectivity index (χ1) is 8.83. The Morgan fingerprint density at radius 3 is 2.72 bits per heavy atom. The molecule has 1 aromatic heterocycles. The number of hydrogen-bond donors (Lipinski definition) is 1. The lowest BCUT2D eigenvalue weighted by Gasteiger charge is -2.34. The van der Waals surface area contributed by atoms with E-state index in [2.05, 4.69) is 32.0 Å². The topological polar surface area (TPSA) is 44.3 Å². The summed E-state index contributed by atoms with van der Waals surface area (Å²) < 4.78 is 0. The van der Waals surface area contributed by atoms with Crippen molar-refractivity contribution < 1.29 is 0 Å². The van der Waals surface area contributed by atoms with Crippen LogP contribution in [-0.4, -0.2) is 61.2 Å². The smallest absolute Gasteiger partial charge is 0.132 e. The van der Waals surface area contributed by atoms with Crippen LogP contribution in [0.15, 0.2) is 12.3 Å². The minimum atomic E-state index is 0.888. The first-order valence-corrected chi connectivity index (χ1v) is 6.77. The summed E-state index contributed by atoms with van der Waals surface area (Å²) >= 11 is 0. The van der Waals surface area contributed by atoms with Crippen LogP contribution >= 0.6 is 0 Å². The van der Waals surface area contributed by atoms with Crippen molar-refractivity contribution in [1.82, 2.24) is 20.2 Å². The maximum atomic E-state index is 4.64. The molecule has 0 aromatic carbocycles. The van der Waals surface area contributed by atoms with Crippen LogP contribution in [0.4, 0.5) is 5.82 Å². The van der Waals surface area contributed by atoms with Gasteiger partial charge in [-0.05, 0) is 19.7 Å². The van der Waals surface area contributed by atoms with E-state index in [0.717, 1.165) is 57.3 Å². The van der Waals surface area contributed by atoms with Crippen molar-refractivity contribution in [2.75, 3.05) is 51.2 Å². The zero-order valence-corrected chi connectivity index (χ0v) is 11.4. The summed E-state index contributed by atoms with van der Waals surface area (Å²) in [4.78, 5) is 13.8. The van der Waals surface area contributed by atoms with Crippen LogP contribution in [0.2, 0.25) is 0 Å². The minimum Gasteiger partial charge on any atom is -0.354 e. The molecular formula is C13H23N5. The Morgan fingerprint density at radius 1 is 1.28 bits per heavy atom. The van der Waals surface area contributed by atoms with Gasteiger partial charge in [0.2, 0.25) is 0 Å². The number of nitrogens with zero attached hydrogens (tertiary/aromatic N) is 4. The molecule has 0 aliphatic carbocycles. The van der Waals surface area contributed by atoms with E-state index >= 15 is 0 Å². The first kappa shape index (κ1) is 13.2.